The van der Waals surface area contributed by atoms with Gasteiger partial charge in [-0.25, -0.2) is 8.42 Å². The number of nitrogens with one attached hydrogen (secondary N) is 1. The van der Waals surface area contributed by atoms with Crippen LogP contribution in [0.25, 0.3) is 0 Å². The second-order valence-electron chi connectivity index (χ2n) is 4.92. The van der Waals surface area contributed by atoms with Crippen molar-refractivity contribution in [3.63, 3.8) is 0 Å². The molecule has 3 aromatic rings. The molecule has 0 saturated heterocycles. The highest BCUT2D eigenvalue weighted by atomic mass is 32.2. The number of para-hydroxylation sites is 2. The van der Waals surface area contributed by atoms with Gasteiger partial charge in [-0.15, -0.1) is 11.3 Å². The van der Waals surface area contributed by atoms with Crippen LogP contribution in [0.4, 0.5) is 5.69 Å². The maximum Gasteiger partial charge on any atom is 0.262 e. The van der Waals surface area contributed by atoms with Crippen LogP contribution in [0.3, 0.4) is 0 Å². The Morgan fingerprint density at radius 2 is 1.64 bits per heavy atom. The minimum absolute atomic E-state index is 0.0688. The molecule has 0 atom stereocenters. The van der Waals surface area contributed by atoms with Gasteiger partial charge in [-0.05, 0) is 35.7 Å². The lowest BCUT2D eigenvalue weighted by molar-refractivity contribution is -0.254. The predicted molar refractivity (Wildman–Crippen MR) is 92.4 cm³/mol. The van der Waals surface area contributed by atoms with Crippen LogP contribution in [0.1, 0.15) is 9.67 Å². The van der Waals surface area contributed by atoms with Crippen molar-refractivity contribution in [3.05, 3.63) is 70.9 Å². The van der Waals surface area contributed by atoms with Crippen molar-refractivity contribution in [1.29, 1.82) is 0 Å². The summed E-state index contributed by atoms with van der Waals surface area (Å²) in [6, 6.07) is 15.7. The lowest BCUT2D eigenvalue weighted by Crippen LogP contribution is -2.21. The second kappa shape index (κ2) is 6.96. The summed E-state index contributed by atoms with van der Waals surface area (Å²) in [6.45, 7) is 0. The van der Waals surface area contributed by atoms with E-state index < -0.39 is 16.0 Å². The van der Waals surface area contributed by atoms with Crippen molar-refractivity contribution in [2.45, 2.75) is 4.90 Å². The zero-order valence-electron chi connectivity index (χ0n) is 12.7. The molecule has 0 unspecified atom stereocenters. The van der Waals surface area contributed by atoms with Crippen LogP contribution in [-0.4, -0.2) is 14.4 Å². The van der Waals surface area contributed by atoms with E-state index in [4.69, 9.17) is 4.74 Å². The van der Waals surface area contributed by atoms with Gasteiger partial charge < -0.3 is 14.6 Å². The smallest absolute Gasteiger partial charge is 0.262 e. The first-order valence-corrected chi connectivity index (χ1v) is 9.47. The average Bonchev–Trinajstić information content (AvgIpc) is 3.06. The number of sulfonamides is 1. The van der Waals surface area contributed by atoms with E-state index in [1.807, 2.05) is 0 Å². The van der Waals surface area contributed by atoms with Gasteiger partial charge in [0.1, 0.15) is 5.75 Å². The van der Waals surface area contributed by atoms with Crippen LogP contribution < -0.4 is 14.6 Å². The lowest BCUT2D eigenvalue weighted by atomic mass is 10.3. The molecule has 0 radical (unpaired) electrons. The molecule has 0 bridgehead atoms. The zero-order chi connectivity index (χ0) is 17.9. The molecule has 8 heteroatoms. The Morgan fingerprint density at radius 1 is 0.960 bits per heavy atom. The molecular formula is C17H12NO5S2-. The van der Waals surface area contributed by atoms with Gasteiger partial charge in [-0.3, -0.25) is 4.72 Å². The van der Waals surface area contributed by atoms with Gasteiger partial charge in [0.05, 0.1) is 21.4 Å². The molecule has 1 N–H and O–H groups in total. The van der Waals surface area contributed by atoms with Gasteiger partial charge in [0, 0.05) is 0 Å². The Balaban J connectivity index is 1.92. The van der Waals surface area contributed by atoms with Crippen LogP contribution in [0.5, 0.6) is 11.5 Å². The summed E-state index contributed by atoms with van der Waals surface area (Å²) in [6.07, 6.45) is 0. The molecule has 3 rings (SSSR count). The fourth-order valence-electron chi connectivity index (χ4n) is 2.09. The normalized spacial score (nSPS) is 11.0. The number of carboxylic acid groups (broad SMARTS) is 1. The van der Waals surface area contributed by atoms with Crippen LogP contribution in [0.2, 0.25) is 0 Å². The molecule has 25 heavy (non-hydrogen) atoms. The molecule has 0 fully saturated rings. The fraction of sp³-hybridized carbons (Fsp3) is 0. The highest BCUT2D eigenvalue weighted by molar-refractivity contribution is 7.92. The lowest BCUT2D eigenvalue weighted by Gasteiger charge is -2.14. The number of carbonyl (C=O) groups is 1. The monoisotopic (exact) mass is 374 g/mol. The molecule has 1 aromatic heterocycles. The van der Waals surface area contributed by atoms with Crippen LogP contribution in [-0.2, 0) is 10.0 Å². The number of carbonyl (C=O) groups excluding carboxylic acids is 1. The molecule has 0 saturated carbocycles. The number of hydrogen-bond acceptors (Lipinski definition) is 6. The first-order valence-electron chi connectivity index (χ1n) is 7.11. The molecule has 128 valence electrons. The summed E-state index contributed by atoms with van der Waals surface area (Å²) in [5, 5.41) is 12.6. The van der Waals surface area contributed by atoms with Crippen molar-refractivity contribution in [3.8, 4) is 11.5 Å². The van der Waals surface area contributed by atoms with Crippen molar-refractivity contribution >= 4 is 33.0 Å². The van der Waals surface area contributed by atoms with E-state index in [1.165, 1.54) is 24.3 Å². The van der Waals surface area contributed by atoms with Crippen molar-refractivity contribution in [2.24, 2.45) is 0 Å². The summed E-state index contributed by atoms with van der Waals surface area (Å²) in [5.74, 6) is -1.08. The third-order valence-corrected chi connectivity index (χ3v) is 5.48. The number of carboxylic acids is 1. The van der Waals surface area contributed by atoms with Gasteiger partial charge in [0.2, 0.25) is 0 Å². The number of benzene rings is 2. The Morgan fingerprint density at radius 3 is 2.36 bits per heavy atom. The molecule has 0 spiro atoms. The van der Waals surface area contributed by atoms with Crippen molar-refractivity contribution in [2.75, 3.05) is 4.72 Å². The first-order chi connectivity index (χ1) is 12.0. The van der Waals surface area contributed by atoms with Crippen LogP contribution in [0.15, 0.2) is 70.9 Å². The van der Waals surface area contributed by atoms with Gasteiger partial charge in [0.25, 0.3) is 10.0 Å². The van der Waals surface area contributed by atoms with E-state index in [1.54, 1.807) is 41.8 Å². The van der Waals surface area contributed by atoms with Crippen molar-refractivity contribution < 1.29 is 23.1 Å². The standard InChI is InChI=1S/C17H13NO5S2/c19-17(20)16-15(10-11-24-16)23-14-9-5-4-8-13(14)18-25(21,22)12-6-2-1-3-7-12/h1-11,18H,(H,19,20)/p-1. The minimum Gasteiger partial charge on any atom is -0.544 e. The molecular weight excluding hydrogens is 362 g/mol. The van der Waals surface area contributed by atoms with E-state index in [0.29, 0.717) is 0 Å². The summed E-state index contributed by atoms with van der Waals surface area (Å²) < 4.78 is 33.0. The quantitative estimate of drug-likeness (QED) is 0.716. The number of thiophene rings is 1. The van der Waals surface area contributed by atoms with E-state index >= 15 is 0 Å². The molecule has 1 heterocycles. The highest BCUT2D eigenvalue weighted by Crippen LogP contribution is 2.34. The maximum absolute atomic E-state index is 12.5. The average molecular weight is 374 g/mol. The number of hydrogen-bond donors (Lipinski definition) is 1. The van der Waals surface area contributed by atoms with Gasteiger partial charge in [-0.1, -0.05) is 30.3 Å². The summed E-state index contributed by atoms with van der Waals surface area (Å²) in [7, 11) is -3.80. The SMILES string of the molecule is O=C([O-])c1sccc1Oc1ccccc1NS(=O)(=O)c1ccccc1. The molecule has 6 nitrogen and oxygen atoms in total. The predicted octanol–water partition coefficient (Wildman–Crippen LogP) is 2.70. The van der Waals surface area contributed by atoms with Crippen LogP contribution in [0, 0.1) is 0 Å². The molecule has 0 amide bonds. The number of aromatic carboxylic acids is 1. The Hall–Kier alpha value is -2.84. The Bertz CT molecular complexity index is 997. The molecule has 2 aromatic carbocycles. The third-order valence-electron chi connectivity index (χ3n) is 3.22. The zero-order valence-corrected chi connectivity index (χ0v) is 14.3. The highest BCUT2D eigenvalue weighted by Gasteiger charge is 2.17. The maximum atomic E-state index is 12.5. The topological polar surface area (TPSA) is 95.5 Å². The summed E-state index contributed by atoms with van der Waals surface area (Å²) in [5.41, 5.74) is 0.196. The molecule has 0 aliphatic heterocycles. The van der Waals surface area contributed by atoms with E-state index in [0.717, 1.165) is 11.3 Å². The van der Waals surface area contributed by atoms with Crippen LogP contribution >= 0.6 is 11.3 Å². The number of anilines is 1. The van der Waals surface area contributed by atoms with E-state index in [-0.39, 0.29) is 27.0 Å². The third kappa shape index (κ3) is 3.81. The van der Waals surface area contributed by atoms with Gasteiger partial charge >= 0.3 is 0 Å². The number of ether oxygens (including phenoxy) is 1. The summed E-state index contributed by atoms with van der Waals surface area (Å²) >= 11 is 0.967. The van der Waals surface area contributed by atoms with E-state index in [9.17, 15) is 18.3 Å². The fourth-order valence-corrected chi connectivity index (χ4v) is 3.83. The first kappa shape index (κ1) is 17.0. The second-order valence-corrected chi connectivity index (χ2v) is 7.52. The largest absolute Gasteiger partial charge is 0.544 e. The van der Waals surface area contributed by atoms with Gasteiger partial charge in [-0.2, -0.15) is 0 Å². The minimum atomic E-state index is -3.80. The Kier molecular flexibility index (Phi) is 4.73. The number of rotatable bonds is 6. The molecule has 0 aliphatic carbocycles. The van der Waals surface area contributed by atoms with Gasteiger partial charge in [0.15, 0.2) is 5.75 Å². The molecule has 0 aliphatic rings. The van der Waals surface area contributed by atoms with E-state index in [2.05, 4.69) is 4.72 Å². The van der Waals surface area contributed by atoms with Crippen molar-refractivity contribution in [1.82, 2.24) is 0 Å². The Labute approximate surface area is 148 Å². The summed E-state index contributed by atoms with van der Waals surface area (Å²) in [4.78, 5) is 11.1.